The van der Waals surface area contributed by atoms with E-state index >= 15 is 0 Å². The van der Waals surface area contributed by atoms with E-state index in [1.807, 2.05) is 0 Å². The SMILES string of the molecule is O=C1C=CC=CC1n1oc(=O)c(=O)o1. The van der Waals surface area contributed by atoms with Crippen LogP contribution in [0, 0.1) is 0 Å². The summed E-state index contributed by atoms with van der Waals surface area (Å²) in [5.74, 6) is -0.324. The van der Waals surface area contributed by atoms with Gasteiger partial charge in [0.2, 0.25) is 0 Å². The zero-order chi connectivity index (χ0) is 10.1. The summed E-state index contributed by atoms with van der Waals surface area (Å²) in [6, 6.07) is -0.879. The molecule has 1 heterocycles. The van der Waals surface area contributed by atoms with Crippen LogP contribution in [0.15, 0.2) is 42.9 Å². The smallest absolute Gasteiger partial charge is 0.297 e. The van der Waals surface area contributed by atoms with Gasteiger partial charge in [0.15, 0.2) is 11.8 Å². The van der Waals surface area contributed by atoms with E-state index in [0.29, 0.717) is 4.91 Å². The minimum Gasteiger partial charge on any atom is -0.297 e. The first-order valence-electron chi connectivity index (χ1n) is 3.80. The van der Waals surface area contributed by atoms with Crippen LogP contribution in [0.3, 0.4) is 0 Å². The minimum atomic E-state index is -1.12. The van der Waals surface area contributed by atoms with Gasteiger partial charge < -0.3 is 0 Å². The van der Waals surface area contributed by atoms with E-state index in [9.17, 15) is 14.4 Å². The maximum absolute atomic E-state index is 11.2. The van der Waals surface area contributed by atoms with Crippen LogP contribution < -0.4 is 11.3 Å². The van der Waals surface area contributed by atoms with E-state index in [4.69, 9.17) is 0 Å². The predicted octanol–water partition coefficient (Wildman–Crippen LogP) is -0.369. The molecule has 6 heteroatoms. The lowest BCUT2D eigenvalue weighted by Crippen LogP contribution is -2.16. The van der Waals surface area contributed by atoms with Gasteiger partial charge in [0, 0.05) is 0 Å². The third-order valence-electron chi connectivity index (χ3n) is 1.70. The number of carbonyl (C=O) groups is 1. The van der Waals surface area contributed by atoms with E-state index in [0.717, 1.165) is 0 Å². The molecule has 72 valence electrons. The number of allylic oxidation sites excluding steroid dienone is 4. The number of ketones is 1. The molecule has 1 aromatic rings. The Hall–Kier alpha value is -2.11. The molecule has 1 unspecified atom stereocenters. The first kappa shape index (κ1) is 8.49. The van der Waals surface area contributed by atoms with E-state index in [-0.39, 0.29) is 5.78 Å². The minimum absolute atomic E-state index is 0.324. The summed E-state index contributed by atoms with van der Waals surface area (Å²) in [4.78, 5) is 33.1. The number of hydrogen-bond acceptors (Lipinski definition) is 5. The summed E-state index contributed by atoms with van der Waals surface area (Å²) in [7, 11) is 0. The van der Waals surface area contributed by atoms with E-state index < -0.39 is 17.3 Å². The van der Waals surface area contributed by atoms with Crippen molar-refractivity contribution in [2.45, 2.75) is 6.04 Å². The molecule has 0 radical (unpaired) electrons. The lowest BCUT2D eigenvalue weighted by atomic mass is 10.1. The van der Waals surface area contributed by atoms with Gasteiger partial charge in [-0.05, 0) is 17.1 Å². The lowest BCUT2D eigenvalue weighted by molar-refractivity contribution is -0.120. The molecular weight excluding hydrogens is 190 g/mol. The predicted molar refractivity (Wildman–Crippen MR) is 43.8 cm³/mol. The average Bonchev–Trinajstić information content (AvgIpc) is 2.48. The highest BCUT2D eigenvalue weighted by molar-refractivity contribution is 5.95. The van der Waals surface area contributed by atoms with Crippen molar-refractivity contribution in [3.8, 4) is 0 Å². The molecule has 1 aromatic heterocycles. The van der Waals surface area contributed by atoms with Gasteiger partial charge in [-0.1, -0.05) is 12.2 Å². The van der Waals surface area contributed by atoms with E-state index in [1.54, 1.807) is 12.2 Å². The maximum atomic E-state index is 11.2. The molecule has 0 aromatic carbocycles. The topological polar surface area (TPSA) is 82.4 Å². The second-order valence-electron chi connectivity index (χ2n) is 2.63. The molecule has 0 spiro atoms. The van der Waals surface area contributed by atoms with E-state index in [1.165, 1.54) is 12.2 Å². The highest BCUT2D eigenvalue weighted by atomic mass is 16.7. The zero-order valence-corrected chi connectivity index (χ0v) is 6.88. The molecule has 1 aliphatic carbocycles. The molecule has 0 N–H and O–H groups in total. The Balaban J connectivity index is 2.45. The number of hydrogen-bond donors (Lipinski definition) is 0. The monoisotopic (exact) mass is 195 g/mol. The number of nitrogens with zero attached hydrogens (tertiary/aromatic N) is 1. The van der Waals surface area contributed by atoms with Gasteiger partial charge in [-0.15, -0.1) is 0 Å². The molecule has 0 fully saturated rings. The van der Waals surface area contributed by atoms with Crippen molar-refractivity contribution >= 4 is 5.78 Å². The standard InChI is InChI=1S/C8H5NO5/c10-6-4-2-1-3-5(6)9-13-7(11)8(12)14-9/h1-5H. The summed E-state index contributed by atoms with van der Waals surface area (Å²) in [5, 5.41) is 0. The zero-order valence-electron chi connectivity index (χ0n) is 6.88. The molecular formula is C8H5NO5. The fourth-order valence-electron chi connectivity index (χ4n) is 1.06. The average molecular weight is 195 g/mol. The van der Waals surface area contributed by atoms with Gasteiger partial charge in [0.1, 0.15) is 0 Å². The normalized spacial score (nSPS) is 20.3. The third-order valence-corrected chi connectivity index (χ3v) is 1.70. The van der Waals surface area contributed by atoms with Crippen molar-refractivity contribution in [2.75, 3.05) is 0 Å². The molecule has 1 atom stereocenters. The van der Waals surface area contributed by atoms with Crippen LogP contribution in [0.4, 0.5) is 0 Å². The highest BCUT2D eigenvalue weighted by Gasteiger charge is 2.21. The van der Waals surface area contributed by atoms with Gasteiger partial charge in [-0.3, -0.25) is 13.8 Å². The largest absolute Gasteiger partial charge is 0.446 e. The molecule has 0 aliphatic heterocycles. The molecule has 2 rings (SSSR count). The van der Waals surface area contributed by atoms with Crippen molar-refractivity contribution in [2.24, 2.45) is 0 Å². The van der Waals surface area contributed by atoms with Crippen molar-refractivity contribution < 1.29 is 13.8 Å². The number of rotatable bonds is 1. The number of aromatic nitrogens is 1. The van der Waals surface area contributed by atoms with Crippen LogP contribution in [-0.2, 0) is 4.79 Å². The second kappa shape index (κ2) is 2.99. The van der Waals surface area contributed by atoms with Crippen LogP contribution in [0.2, 0.25) is 0 Å². The molecule has 0 bridgehead atoms. The quantitative estimate of drug-likeness (QED) is 0.571. The Kier molecular flexibility index (Phi) is 1.81. The molecule has 0 saturated carbocycles. The summed E-state index contributed by atoms with van der Waals surface area (Å²) in [5.41, 5.74) is -2.25. The summed E-state index contributed by atoms with van der Waals surface area (Å²) < 4.78 is 8.80. The molecule has 0 saturated heterocycles. The van der Waals surface area contributed by atoms with Crippen molar-refractivity contribution in [1.29, 1.82) is 0 Å². The van der Waals surface area contributed by atoms with Crippen molar-refractivity contribution in [3.63, 3.8) is 0 Å². The summed E-state index contributed by atoms with van der Waals surface area (Å²) in [6.45, 7) is 0. The number of carbonyl (C=O) groups excluding carboxylic acids is 1. The van der Waals surface area contributed by atoms with Gasteiger partial charge in [-0.2, -0.15) is 0 Å². The van der Waals surface area contributed by atoms with Gasteiger partial charge in [0.05, 0.1) is 0 Å². The Morgan fingerprint density at radius 1 is 1.07 bits per heavy atom. The Labute approximate surface area is 76.7 Å². The Bertz CT molecular complexity index is 499. The molecule has 14 heavy (non-hydrogen) atoms. The summed E-state index contributed by atoms with van der Waals surface area (Å²) >= 11 is 0. The third kappa shape index (κ3) is 1.26. The first-order valence-corrected chi connectivity index (χ1v) is 3.80. The fourth-order valence-corrected chi connectivity index (χ4v) is 1.06. The highest BCUT2D eigenvalue weighted by Crippen LogP contribution is 2.12. The first-order chi connectivity index (χ1) is 6.68. The Morgan fingerprint density at radius 2 is 1.71 bits per heavy atom. The van der Waals surface area contributed by atoms with Crippen LogP contribution in [0.1, 0.15) is 6.04 Å². The van der Waals surface area contributed by atoms with Gasteiger partial charge >= 0.3 is 11.3 Å². The van der Waals surface area contributed by atoms with Crippen LogP contribution in [0.25, 0.3) is 0 Å². The molecule has 1 aliphatic rings. The van der Waals surface area contributed by atoms with Crippen LogP contribution in [0.5, 0.6) is 0 Å². The van der Waals surface area contributed by atoms with Gasteiger partial charge in [-0.25, -0.2) is 9.59 Å². The fraction of sp³-hybridized carbons (Fsp3) is 0.125. The van der Waals surface area contributed by atoms with Gasteiger partial charge in [0.25, 0.3) is 0 Å². The van der Waals surface area contributed by atoms with Crippen molar-refractivity contribution in [3.05, 3.63) is 45.1 Å². The van der Waals surface area contributed by atoms with E-state index in [2.05, 4.69) is 9.05 Å². The maximum Gasteiger partial charge on any atom is 0.446 e. The molecule has 0 amide bonds. The molecule has 6 nitrogen and oxygen atoms in total. The van der Waals surface area contributed by atoms with Crippen LogP contribution in [-0.4, -0.2) is 10.7 Å². The lowest BCUT2D eigenvalue weighted by Gasteiger charge is -2.07. The second-order valence-corrected chi connectivity index (χ2v) is 2.63. The summed E-state index contributed by atoms with van der Waals surface area (Å²) in [6.07, 6.45) is 5.88. The Morgan fingerprint density at radius 3 is 2.29 bits per heavy atom. The van der Waals surface area contributed by atoms with Crippen LogP contribution >= 0.6 is 0 Å². The van der Waals surface area contributed by atoms with Crippen molar-refractivity contribution in [1.82, 2.24) is 4.91 Å².